The predicted octanol–water partition coefficient (Wildman–Crippen LogP) is 2.67. The summed E-state index contributed by atoms with van der Waals surface area (Å²) in [5.41, 5.74) is 2.00. The van der Waals surface area contributed by atoms with Crippen LogP contribution in [-0.2, 0) is 10.0 Å². The van der Waals surface area contributed by atoms with Crippen molar-refractivity contribution in [3.8, 4) is 0 Å². The van der Waals surface area contributed by atoms with E-state index in [0.29, 0.717) is 16.7 Å². The Labute approximate surface area is 116 Å². The van der Waals surface area contributed by atoms with E-state index in [4.69, 9.17) is 0 Å². The van der Waals surface area contributed by atoms with Gasteiger partial charge < -0.3 is 4.98 Å². The van der Waals surface area contributed by atoms with E-state index in [0.717, 1.165) is 5.56 Å². The molecule has 0 aliphatic heterocycles. The summed E-state index contributed by atoms with van der Waals surface area (Å²) in [6.45, 7) is 1.86. The van der Waals surface area contributed by atoms with Crippen LogP contribution in [0.4, 0.5) is 5.69 Å². The molecule has 0 aliphatic rings. The largest absolute Gasteiger partial charge is 0.345 e. The SMILES string of the molecule is Cc1ccccc1NS(=O)(=O)c1c[nH]c2ncccc12. The monoisotopic (exact) mass is 287 g/mol. The quantitative estimate of drug-likeness (QED) is 0.777. The van der Waals surface area contributed by atoms with Gasteiger partial charge in [-0.15, -0.1) is 0 Å². The summed E-state index contributed by atoms with van der Waals surface area (Å²) < 4.78 is 27.5. The van der Waals surface area contributed by atoms with Gasteiger partial charge in [-0.3, -0.25) is 4.72 Å². The molecule has 0 radical (unpaired) electrons. The number of benzene rings is 1. The van der Waals surface area contributed by atoms with Crippen LogP contribution in [0.3, 0.4) is 0 Å². The lowest BCUT2D eigenvalue weighted by molar-refractivity contribution is 0.602. The van der Waals surface area contributed by atoms with Crippen LogP contribution < -0.4 is 4.72 Å². The summed E-state index contributed by atoms with van der Waals surface area (Å²) in [6, 6.07) is 10.7. The molecule has 0 spiro atoms. The second-order valence-corrected chi connectivity index (χ2v) is 6.12. The minimum atomic E-state index is -3.64. The molecule has 2 N–H and O–H groups in total. The average Bonchev–Trinajstić information content (AvgIpc) is 2.86. The highest BCUT2D eigenvalue weighted by Gasteiger charge is 2.19. The number of pyridine rings is 1. The molecular formula is C14H13N3O2S. The maximum Gasteiger partial charge on any atom is 0.264 e. The molecule has 0 amide bonds. The minimum absolute atomic E-state index is 0.198. The number of fused-ring (bicyclic) bond motifs is 1. The number of nitrogens with zero attached hydrogens (tertiary/aromatic N) is 1. The van der Waals surface area contributed by atoms with E-state index in [1.54, 1.807) is 30.5 Å². The molecule has 6 heteroatoms. The first-order chi connectivity index (χ1) is 9.58. The van der Waals surface area contributed by atoms with E-state index in [9.17, 15) is 8.42 Å². The standard InChI is InChI=1S/C14H13N3O2S/c1-10-5-2-3-7-12(10)17-20(18,19)13-9-16-14-11(13)6-4-8-15-14/h2-9,17H,1H3,(H,15,16). The van der Waals surface area contributed by atoms with E-state index < -0.39 is 10.0 Å². The van der Waals surface area contributed by atoms with Crippen LogP contribution >= 0.6 is 0 Å². The van der Waals surface area contributed by atoms with Crippen LogP contribution in [-0.4, -0.2) is 18.4 Å². The number of nitrogens with one attached hydrogen (secondary N) is 2. The van der Waals surface area contributed by atoms with Gasteiger partial charge in [0.15, 0.2) is 0 Å². The third-order valence-corrected chi connectivity index (χ3v) is 4.50. The molecule has 20 heavy (non-hydrogen) atoms. The van der Waals surface area contributed by atoms with Crippen molar-refractivity contribution in [2.75, 3.05) is 4.72 Å². The van der Waals surface area contributed by atoms with E-state index in [-0.39, 0.29) is 4.90 Å². The van der Waals surface area contributed by atoms with Crippen molar-refractivity contribution in [2.24, 2.45) is 0 Å². The number of aryl methyl sites for hydroxylation is 1. The topological polar surface area (TPSA) is 74.8 Å². The van der Waals surface area contributed by atoms with Gasteiger partial charge in [-0.2, -0.15) is 0 Å². The molecule has 0 fully saturated rings. The highest BCUT2D eigenvalue weighted by molar-refractivity contribution is 7.93. The molecule has 0 bridgehead atoms. The minimum Gasteiger partial charge on any atom is -0.345 e. The molecule has 0 atom stereocenters. The van der Waals surface area contributed by atoms with Crippen LogP contribution in [0.25, 0.3) is 11.0 Å². The summed E-state index contributed by atoms with van der Waals surface area (Å²) in [5, 5.41) is 0.577. The van der Waals surface area contributed by atoms with Crippen molar-refractivity contribution in [3.63, 3.8) is 0 Å². The molecule has 0 unspecified atom stereocenters. The fourth-order valence-electron chi connectivity index (χ4n) is 2.04. The Morgan fingerprint density at radius 1 is 1.15 bits per heavy atom. The van der Waals surface area contributed by atoms with Gasteiger partial charge in [0, 0.05) is 17.8 Å². The van der Waals surface area contributed by atoms with E-state index in [1.807, 2.05) is 19.1 Å². The number of aromatic amines is 1. The Balaban J connectivity index is 2.07. The first kappa shape index (κ1) is 12.7. The van der Waals surface area contributed by atoms with Gasteiger partial charge in [-0.1, -0.05) is 18.2 Å². The Hall–Kier alpha value is -2.34. The molecule has 0 saturated carbocycles. The summed E-state index contributed by atoms with van der Waals surface area (Å²) >= 11 is 0. The molecule has 2 heterocycles. The first-order valence-electron chi connectivity index (χ1n) is 6.08. The van der Waals surface area contributed by atoms with E-state index in [1.165, 1.54) is 6.20 Å². The number of hydrogen-bond donors (Lipinski definition) is 2. The molecular weight excluding hydrogens is 274 g/mol. The highest BCUT2D eigenvalue weighted by Crippen LogP contribution is 2.24. The summed E-state index contributed by atoms with van der Waals surface area (Å²) in [5.74, 6) is 0. The summed E-state index contributed by atoms with van der Waals surface area (Å²) in [6.07, 6.45) is 3.07. The number of sulfonamides is 1. The second kappa shape index (κ2) is 4.64. The lowest BCUT2D eigenvalue weighted by Crippen LogP contribution is -2.13. The van der Waals surface area contributed by atoms with Gasteiger partial charge in [0.25, 0.3) is 10.0 Å². The number of rotatable bonds is 3. The van der Waals surface area contributed by atoms with Gasteiger partial charge in [0.2, 0.25) is 0 Å². The van der Waals surface area contributed by atoms with E-state index in [2.05, 4.69) is 14.7 Å². The zero-order valence-electron chi connectivity index (χ0n) is 10.8. The summed E-state index contributed by atoms with van der Waals surface area (Å²) in [4.78, 5) is 7.15. The fourth-order valence-corrected chi connectivity index (χ4v) is 3.34. The number of para-hydroxylation sites is 1. The first-order valence-corrected chi connectivity index (χ1v) is 7.57. The lowest BCUT2D eigenvalue weighted by atomic mass is 10.2. The lowest BCUT2D eigenvalue weighted by Gasteiger charge is -2.09. The zero-order chi connectivity index (χ0) is 14.2. The Morgan fingerprint density at radius 3 is 2.75 bits per heavy atom. The van der Waals surface area contributed by atoms with Gasteiger partial charge in [0.1, 0.15) is 10.5 Å². The Kier molecular flexibility index (Phi) is 2.94. The van der Waals surface area contributed by atoms with Crippen molar-refractivity contribution in [2.45, 2.75) is 11.8 Å². The highest BCUT2D eigenvalue weighted by atomic mass is 32.2. The van der Waals surface area contributed by atoms with Crippen LogP contribution in [0, 0.1) is 6.92 Å². The molecule has 2 aromatic heterocycles. The number of anilines is 1. The zero-order valence-corrected chi connectivity index (χ0v) is 11.6. The molecule has 3 rings (SSSR count). The van der Waals surface area contributed by atoms with Crippen molar-refractivity contribution >= 4 is 26.7 Å². The molecule has 3 aromatic rings. The Morgan fingerprint density at radius 2 is 1.95 bits per heavy atom. The predicted molar refractivity (Wildman–Crippen MR) is 78.1 cm³/mol. The van der Waals surface area contributed by atoms with Crippen molar-refractivity contribution in [1.82, 2.24) is 9.97 Å². The number of aromatic nitrogens is 2. The molecule has 0 aliphatic carbocycles. The normalized spacial score (nSPS) is 11.7. The van der Waals surface area contributed by atoms with Crippen LogP contribution in [0.1, 0.15) is 5.56 Å². The maximum atomic E-state index is 12.5. The van der Waals surface area contributed by atoms with Crippen molar-refractivity contribution in [1.29, 1.82) is 0 Å². The molecule has 102 valence electrons. The number of H-pyrrole nitrogens is 1. The van der Waals surface area contributed by atoms with Crippen LogP contribution in [0.2, 0.25) is 0 Å². The number of hydrogen-bond acceptors (Lipinski definition) is 3. The smallest absolute Gasteiger partial charge is 0.264 e. The van der Waals surface area contributed by atoms with E-state index >= 15 is 0 Å². The van der Waals surface area contributed by atoms with Gasteiger partial charge >= 0.3 is 0 Å². The fraction of sp³-hybridized carbons (Fsp3) is 0.0714. The van der Waals surface area contributed by atoms with Crippen molar-refractivity contribution < 1.29 is 8.42 Å². The summed E-state index contributed by atoms with van der Waals surface area (Å²) in [7, 11) is -3.64. The van der Waals surface area contributed by atoms with Gasteiger partial charge in [0.05, 0.1) is 5.69 Å². The molecule has 0 saturated heterocycles. The third kappa shape index (κ3) is 2.14. The Bertz CT molecular complexity index is 869. The van der Waals surface area contributed by atoms with Gasteiger partial charge in [-0.05, 0) is 30.7 Å². The van der Waals surface area contributed by atoms with Crippen LogP contribution in [0.5, 0.6) is 0 Å². The van der Waals surface area contributed by atoms with Gasteiger partial charge in [-0.25, -0.2) is 13.4 Å². The molecule has 1 aromatic carbocycles. The third-order valence-electron chi connectivity index (χ3n) is 3.09. The molecule has 5 nitrogen and oxygen atoms in total. The van der Waals surface area contributed by atoms with Crippen molar-refractivity contribution in [3.05, 3.63) is 54.4 Å². The maximum absolute atomic E-state index is 12.5. The average molecular weight is 287 g/mol. The second-order valence-electron chi connectivity index (χ2n) is 4.47. The van der Waals surface area contributed by atoms with Crippen LogP contribution in [0.15, 0.2) is 53.7 Å².